The summed E-state index contributed by atoms with van der Waals surface area (Å²) in [5, 5.41) is 2.30. The van der Waals surface area contributed by atoms with Crippen LogP contribution in [0.3, 0.4) is 0 Å². The van der Waals surface area contributed by atoms with Gasteiger partial charge in [-0.15, -0.1) is 0 Å². The number of sulfonamides is 1. The monoisotopic (exact) mass is 562 g/mol. The minimum absolute atomic E-state index is 0.255. The van der Waals surface area contributed by atoms with E-state index in [1.807, 2.05) is 49.3 Å². The zero-order valence-corrected chi connectivity index (χ0v) is 24.1. The molecule has 1 N–H and O–H groups in total. The summed E-state index contributed by atoms with van der Waals surface area (Å²) in [6.45, 7) is 4.22. The number of ether oxygens (including phenoxy) is 1. The SMILES string of the molecule is COC(=O)c1ccc2c(c1)NC(=O)C2C(=Nc1ccc(N(CCN(C)C)S(=O)(=O)C(C)C)cc1)c1ccccc1. The minimum atomic E-state index is -3.55. The van der Waals surface area contributed by atoms with E-state index in [-0.39, 0.29) is 5.91 Å². The zero-order valence-electron chi connectivity index (χ0n) is 23.3. The Balaban J connectivity index is 1.75. The van der Waals surface area contributed by atoms with Crippen LogP contribution in [0.4, 0.5) is 17.1 Å². The van der Waals surface area contributed by atoms with E-state index in [9.17, 15) is 18.0 Å². The molecule has 1 aliphatic rings. The van der Waals surface area contributed by atoms with E-state index < -0.39 is 27.2 Å². The largest absolute Gasteiger partial charge is 0.465 e. The summed E-state index contributed by atoms with van der Waals surface area (Å²) in [5.74, 6) is -1.45. The molecule has 0 aromatic heterocycles. The van der Waals surface area contributed by atoms with Crippen LogP contribution in [0.25, 0.3) is 0 Å². The maximum Gasteiger partial charge on any atom is 0.337 e. The standard InChI is InChI=1S/C30H34N4O5S/c1-20(2)40(37,38)34(18-17-33(3)4)24-14-12-23(13-15-24)31-28(21-9-7-6-8-10-21)27-25-16-11-22(30(36)39-5)19-26(25)32-29(27)35/h6-16,19-20,27H,17-18H2,1-5H3,(H,32,35). The zero-order chi connectivity index (χ0) is 29.0. The second-order valence-electron chi connectivity index (χ2n) is 10.1. The molecule has 10 heteroatoms. The van der Waals surface area contributed by atoms with Crippen molar-refractivity contribution >= 4 is 44.7 Å². The van der Waals surface area contributed by atoms with Crippen molar-refractivity contribution < 1.29 is 22.7 Å². The summed E-state index contributed by atoms with van der Waals surface area (Å²) >= 11 is 0. The van der Waals surface area contributed by atoms with Crippen LogP contribution in [0.15, 0.2) is 77.8 Å². The van der Waals surface area contributed by atoms with Gasteiger partial charge in [0.15, 0.2) is 0 Å². The predicted molar refractivity (Wildman–Crippen MR) is 158 cm³/mol. The number of aliphatic imine (C=N–C) groups is 1. The number of fused-ring (bicyclic) bond motifs is 1. The first-order chi connectivity index (χ1) is 19.0. The molecule has 1 atom stereocenters. The molecule has 1 aliphatic heterocycles. The number of likely N-dealkylation sites (N-methyl/N-ethyl adjacent to an activating group) is 1. The molecule has 0 saturated carbocycles. The summed E-state index contributed by atoms with van der Waals surface area (Å²) in [6, 6.07) is 21.4. The predicted octanol–water partition coefficient (Wildman–Crippen LogP) is 4.44. The van der Waals surface area contributed by atoms with Crippen molar-refractivity contribution in [1.82, 2.24) is 4.90 Å². The Morgan fingerprint density at radius 2 is 1.65 bits per heavy atom. The van der Waals surface area contributed by atoms with Gasteiger partial charge in [-0.05, 0) is 75.5 Å². The van der Waals surface area contributed by atoms with Crippen LogP contribution in [0.2, 0.25) is 0 Å². The first kappa shape index (κ1) is 29.0. The molecule has 40 heavy (non-hydrogen) atoms. The highest BCUT2D eigenvalue weighted by molar-refractivity contribution is 7.93. The number of hydrogen-bond acceptors (Lipinski definition) is 7. The Hall–Kier alpha value is -4.02. The van der Waals surface area contributed by atoms with Crippen LogP contribution in [0, 0.1) is 0 Å². The van der Waals surface area contributed by atoms with Gasteiger partial charge in [0.1, 0.15) is 5.92 Å². The van der Waals surface area contributed by atoms with Crippen molar-refractivity contribution in [3.63, 3.8) is 0 Å². The molecule has 4 rings (SSSR count). The normalized spacial score (nSPS) is 15.2. The molecule has 0 fully saturated rings. The lowest BCUT2D eigenvalue weighted by atomic mass is 9.90. The van der Waals surface area contributed by atoms with E-state index in [1.54, 1.807) is 56.3 Å². The quantitative estimate of drug-likeness (QED) is 0.289. The Labute approximate surface area is 235 Å². The first-order valence-corrected chi connectivity index (χ1v) is 14.5. The van der Waals surface area contributed by atoms with Crippen LogP contribution in [-0.4, -0.2) is 70.5 Å². The topological polar surface area (TPSA) is 108 Å². The van der Waals surface area contributed by atoms with Crippen LogP contribution >= 0.6 is 0 Å². The van der Waals surface area contributed by atoms with Gasteiger partial charge in [0.05, 0.1) is 35.0 Å². The number of carbonyl (C=O) groups is 2. The van der Waals surface area contributed by atoms with Crippen molar-refractivity contribution in [2.75, 3.05) is 43.9 Å². The Kier molecular flexibility index (Phi) is 8.70. The van der Waals surface area contributed by atoms with E-state index >= 15 is 0 Å². The Morgan fingerprint density at radius 1 is 0.975 bits per heavy atom. The summed E-state index contributed by atoms with van der Waals surface area (Å²) in [4.78, 5) is 32.1. The fourth-order valence-electron chi connectivity index (χ4n) is 4.46. The van der Waals surface area contributed by atoms with Crippen molar-refractivity contribution in [2.24, 2.45) is 4.99 Å². The Bertz CT molecular complexity index is 1520. The van der Waals surface area contributed by atoms with Crippen LogP contribution < -0.4 is 9.62 Å². The molecule has 210 valence electrons. The van der Waals surface area contributed by atoms with E-state index in [4.69, 9.17) is 9.73 Å². The highest BCUT2D eigenvalue weighted by Gasteiger charge is 2.36. The molecule has 3 aromatic carbocycles. The van der Waals surface area contributed by atoms with Gasteiger partial charge < -0.3 is 15.0 Å². The molecule has 0 saturated heterocycles. The highest BCUT2D eigenvalue weighted by atomic mass is 32.2. The van der Waals surface area contributed by atoms with Gasteiger partial charge in [-0.2, -0.15) is 0 Å². The molecule has 3 aromatic rings. The fourth-order valence-corrected chi connectivity index (χ4v) is 5.73. The number of anilines is 2. The van der Waals surface area contributed by atoms with E-state index in [2.05, 4.69) is 5.32 Å². The molecule has 0 bridgehead atoms. The number of esters is 1. The maximum atomic E-state index is 13.2. The summed E-state index contributed by atoms with van der Waals surface area (Å²) in [7, 11) is 1.56. The van der Waals surface area contributed by atoms with Crippen LogP contribution in [0.5, 0.6) is 0 Å². The number of benzene rings is 3. The number of rotatable bonds is 10. The van der Waals surface area contributed by atoms with E-state index in [0.29, 0.717) is 47.0 Å². The van der Waals surface area contributed by atoms with Gasteiger partial charge in [0, 0.05) is 18.8 Å². The third-order valence-electron chi connectivity index (χ3n) is 6.69. The molecule has 0 spiro atoms. The molecule has 0 radical (unpaired) electrons. The number of methoxy groups -OCH3 is 1. The number of nitrogens with one attached hydrogen (secondary N) is 1. The molecular formula is C30H34N4O5S. The van der Waals surface area contributed by atoms with E-state index in [1.165, 1.54) is 11.4 Å². The molecule has 1 unspecified atom stereocenters. The Morgan fingerprint density at radius 3 is 2.25 bits per heavy atom. The van der Waals surface area contributed by atoms with Crippen molar-refractivity contribution in [3.8, 4) is 0 Å². The molecule has 9 nitrogen and oxygen atoms in total. The van der Waals surface area contributed by atoms with Gasteiger partial charge >= 0.3 is 5.97 Å². The lowest BCUT2D eigenvalue weighted by Crippen LogP contribution is -2.40. The minimum Gasteiger partial charge on any atom is -0.465 e. The number of nitrogens with zero attached hydrogens (tertiary/aromatic N) is 3. The fraction of sp³-hybridized carbons (Fsp3) is 0.300. The van der Waals surface area contributed by atoms with Crippen molar-refractivity contribution in [2.45, 2.75) is 25.0 Å². The number of hydrogen-bond donors (Lipinski definition) is 1. The smallest absolute Gasteiger partial charge is 0.337 e. The summed E-state index contributed by atoms with van der Waals surface area (Å²) in [6.07, 6.45) is 0. The third-order valence-corrected chi connectivity index (χ3v) is 8.89. The van der Waals surface area contributed by atoms with E-state index in [0.717, 1.165) is 5.56 Å². The van der Waals surface area contributed by atoms with Crippen LogP contribution in [-0.2, 0) is 19.6 Å². The maximum absolute atomic E-state index is 13.2. The first-order valence-electron chi connectivity index (χ1n) is 13.0. The van der Waals surface area contributed by atoms with Gasteiger partial charge in [-0.25, -0.2) is 13.2 Å². The lowest BCUT2D eigenvalue weighted by molar-refractivity contribution is -0.115. The third kappa shape index (κ3) is 6.08. The molecule has 1 amide bonds. The van der Waals surface area contributed by atoms with Gasteiger partial charge in [0.25, 0.3) is 0 Å². The molecular weight excluding hydrogens is 528 g/mol. The van der Waals surface area contributed by atoms with Gasteiger partial charge in [0.2, 0.25) is 15.9 Å². The van der Waals surface area contributed by atoms with Crippen molar-refractivity contribution in [1.29, 1.82) is 0 Å². The lowest BCUT2D eigenvalue weighted by Gasteiger charge is -2.27. The van der Waals surface area contributed by atoms with Gasteiger partial charge in [-0.1, -0.05) is 36.4 Å². The molecule has 0 aliphatic carbocycles. The number of carbonyl (C=O) groups excluding carboxylic acids is 2. The highest BCUT2D eigenvalue weighted by Crippen LogP contribution is 2.37. The second-order valence-corrected chi connectivity index (χ2v) is 12.5. The summed E-state index contributed by atoms with van der Waals surface area (Å²) < 4.78 is 32.5. The summed E-state index contributed by atoms with van der Waals surface area (Å²) in [5.41, 5.74) is 4.01. The average molecular weight is 563 g/mol. The van der Waals surface area contributed by atoms with Crippen LogP contribution in [0.1, 0.15) is 41.3 Å². The second kappa shape index (κ2) is 12.0. The van der Waals surface area contributed by atoms with Crippen molar-refractivity contribution in [3.05, 3.63) is 89.5 Å². The van der Waals surface area contributed by atoms with Gasteiger partial charge in [-0.3, -0.25) is 14.1 Å². The number of amides is 1. The average Bonchev–Trinajstić information content (AvgIpc) is 3.26. The molecule has 1 heterocycles.